The maximum absolute atomic E-state index is 11.7. The fourth-order valence-electron chi connectivity index (χ4n) is 3.67. The normalized spacial score (nSPS) is 16.6. The SMILES string of the molecule is CC1CCCCN1.Cc1cn2nc(-c3ccc4c(=O)[nH]ncc4c3)cc(C)c2n1. The lowest BCUT2D eigenvalue weighted by atomic mass is 10.1. The van der Waals surface area contributed by atoms with Gasteiger partial charge in [0.2, 0.25) is 0 Å². The molecule has 0 radical (unpaired) electrons. The van der Waals surface area contributed by atoms with Crippen LogP contribution in [-0.4, -0.2) is 37.4 Å². The Labute approximate surface area is 169 Å². The van der Waals surface area contributed by atoms with Crippen molar-refractivity contribution in [2.75, 3.05) is 6.54 Å². The van der Waals surface area contributed by atoms with Crippen molar-refractivity contribution in [1.29, 1.82) is 0 Å². The lowest BCUT2D eigenvalue weighted by Gasteiger charge is -2.18. The van der Waals surface area contributed by atoms with E-state index in [2.05, 4.69) is 32.5 Å². The molecule has 1 aromatic carbocycles. The molecule has 1 atom stereocenters. The largest absolute Gasteiger partial charge is 0.314 e. The molecule has 0 aliphatic carbocycles. The summed E-state index contributed by atoms with van der Waals surface area (Å²) in [4.78, 5) is 16.2. The molecule has 2 N–H and O–H groups in total. The third-order valence-corrected chi connectivity index (χ3v) is 5.25. The number of H-pyrrole nitrogens is 1. The van der Waals surface area contributed by atoms with Crippen LogP contribution < -0.4 is 10.9 Å². The lowest BCUT2D eigenvalue weighted by Crippen LogP contribution is -2.30. The Morgan fingerprint density at radius 3 is 2.76 bits per heavy atom. The summed E-state index contributed by atoms with van der Waals surface area (Å²) in [6.45, 7) is 7.45. The molecule has 1 fully saturated rings. The first kappa shape index (κ1) is 19.3. The molecule has 0 bridgehead atoms. The number of piperidine rings is 1. The van der Waals surface area contributed by atoms with Crippen molar-refractivity contribution in [3.05, 3.63) is 58.3 Å². The average molecular weight is 390 g/mol. The fraction of sp³-hybridized carbons (Fsp3) is 0.364. The van der Waals surface area contributed by atoms with Crippen molar-refractivity contribution in [3.63, 3.8) is 0 Å². The van der Waals surface area contributed by atoms with Gasteiger partial charge in [-0.05, 0) is 63.9 Å². The Bertz CT molecular complexity index is 1200. The molecule has 1 saturated heterocycles. The van der Waals surface area contributed by atoms with Gasteiger partial charge in [0.05, 0.1) is 29.2 Å². The van der Waals surface area contributed by atoms with Crippen LogP contribution in [0.5, 0.6) is 0 Å². The van der Waals surface area contributed by atoms with E-state index in [9.17, 15) is 4.79 Å². The van der Waals surface area contributed by atoms with E-state index in [1.807, 2.05) is 38.2 Å². The fourth-order valence-corrected chi connectivity index (χ4v) is 3.67. The van der Waals surface area contributed by atoms with E-state index in [0.29, 0.717) is 5.39 Å². The van der Waals surface area contributed by atoms with Crippen LogP contribution >= 0.6 is 0 Å². The molecule has 150 valence electrons. The van der Waals surface area contributed by atoms with Gasteiger partial charge in [0.1, 0.15) is 0 Å². The van der Waals surface area contributed by atoms with Crippen LogP contribution in [0.1, 0.15) is 37.4 Å². The van der Waals surface area contributed by atoms with E-state index >= 15 is 0 Å². The van der Waals surface area contributed by atoms with E-state index in [1.54, 1.807) is 16.8 Å². The van der Waals surface area contributed by atoms with Crippen LogP contribution in [0.3, 0.4) is 0 Å². The van der Waals surface area contributed by atoms with Crippen LogP contribution in [0.4, 0.5) is 0 Å². The maximum Gasteiger partial charge on any atom is 0.272 e. The van der Waals surface area contributed by atoms with Crippen molar-refractivity contribution >= 4 is 16.4 Å². The van der Waals surface area contributed by atoms with Gasteiger partial charge in [-0.2, -0.15) is 10.2 Å². The minimum Gasteiger partial charge on any atom is -0.314 e. The second kappa shape index (κ2) is 8.13. The first-order valence-corrected chi connectivity index (χ1v) is 10.1. The maximum atomic E-state index is 11.7. The Morgan fingerprint density at radius 2 is 2.03 bits per heavy atom. The smallest absolute Gasteiger partial charge is 0.272 e. The molecule has 29 heavy (non-hydrogen) atoms. The molecule has 1 aliphatic heterocycles. The van der Waals surface area contributed by atoms with Gasteiger partial charge in [0.25, 0.3) is 5.56 Å². The highest BCUT2D eigenvalue weighted by atomic mass is 16.1. The first-order chi connectivity index (χ1) is 14.0. The number of nitrogens with zero attached hydrogens (tertiary/aromatic N) is 4. The van der Waals surface area contributed by atoms with Gasteiger partial charge in [-0.25, -0.2) is 14.6 Å². The highest BCUT2D eigenvalue weighted by Crippen LogP contribution is 2.23. The predicted molar refractivity (Wildman–Crippen MR) is 115 cm³/mol. The number of aryl methyl sites for hydroxylation is 2. The number of nitrogens with one attached hydrogen (secondary N) is 2. The topological polar surface area (TPSA) is 88.0 Å². The van der Waals surface area contributed by atoms with E-state index in [-0.39, 0.29) is 5.56 Å². The van der Waals surface area contributed by atoms with Crippen molar-refractivity contribution in [3.8, 4) is 11.3 Å². The van der Waals surface area contributed by atoms with Gasteiger partial charge in [-0.1, -0.05) is 12.5 Å². The quantitative estimate of drug-likeness (QED) is 0.520. The number of hydrogen-bond acceptors (Lipinski definition) is 5. The number of fused-ring (bicyclic) bond motifs is 2. The molecule has 1 aliphatic rings. The summed E-state index contributed by atoms with van der Waals surface area (Å²) < 4.78 is 1.79. The highest BCUT2D eigenvalue weighted by molar-refractivity contribution is 5.85. The Hall–Kier alpha value is -3.06. The zero-order valence-corrected chi connectivity index (χ0v) is 17.1. The van der Waals surface area contributed by atoms with Crippen molar-refractivity contribution in [1.82, 2.24) is 30.1 Å². The van der Waals surface area contributed by atoms with Crippen LogP contribution in [0.15, 0.2) is 41.5 Å². The van der Waals surface area contributed by atoms with Crippen molar-refractivity contribution in [2.45, 2.75) is 46.1 Å². The van der Waals surface area contributed by atoms with Gasteiger partial charge >= 0.3 is 0 Å². The Balaban J connectivity index is 0.000000249. The van der Waals surface area contributed by atoms with Gasteiger partial charge in [-0.3, -0.25) is 4.79 Å². The molecule has 0 spiro atoms. The summed E-state index contributed by atoms with van der Waals surface area (Å²) >= 11 is 0. The molecular formula is C22H26N6O. The summed E-state index contributed by atoms with van der Waals surface area (Å²) in [6, 6.07) is 8.41. The van der Waals surface area contributed by atoms with E-state index in [4.69, 9.17) is 0 Å². The van der Waals surface area contributed by atoms with Crippen LogP contribution in [0.2, 0.25) is 0 Å². The second-order valence-electron chi connectivity index (χ2n) is 7.72. The minimum atomic E-state index is -0.186. The first-order valence-electron chi connectivity index (χ1n) is 10.1. The van der Waals surface area contributed by atoms with Gasteiger partial charge in [0.15, 0.2) is 5.65 Å². The van der Waals surface area contributed by atoms with Crippen LogP contribution in [0.25, 0.3) is 27.7 Å². The molecule has 4 aromatic rings. The molecule has 7 heteroatoms. The van der Waals surface area contributed by atoms with Gasteiger partial charge < -0.3 is 5.32 Å². The standard InChI is InChI=1S/C16H13N5O.C6H13N/c1-9-5-14(20-21-8-10(2)18-15(9)21)11-3-4-13-12(6-11)7-17-19-16(13)22;1-6-4-2-3-5-7-6/h3-8H,1-2H3,(H,19,22);6-7H,2-5H2,1H3. The Kier molecular flexibility index (Phi) is 5.40. The number of hydrogen-bond donors (Lipinski definition) is 2. The van der Waals surface area contributed by atoms with Gasteiger partial charge in [-0.15, -0.1) is 0 Å². The molecule has 0 saturated carbocycles. The summed E-state index contributed by atoms with van der Waals surface area (Å²) in [6.07, 6.45) is 7.73. The third kappa shape index (κ3) is 4.19. The third-order valence-electron chi connectivity index (χ3n) is 5.25. The molecule has 3 aromatic heterocycles. The van der Waals surface area contributed by atoms with Crippen LogP contribution in [0, 0.1) is 13.8 Å². The molecule has 1 unspecified atom stereocenters. The van der Waals surface area contributed by atoms with Gasteiger partial charge in [0, 0.05) is 17.0 Å². The number of aromatic nitrogens is 5. The average Bonchev–Trinajstić information content (AvgIpc) is 3.10. The van der Waals surface area contributed by atoms with E-state index < -0.39 is 0 Å². The van der Waals surface area contributed by atoms with E-state index in [0.717, 1.165) is 39.6 Å². The zero-order valence-electron chi connectivity index (χ0n) is 17.1. The zero-order chi connectivity index (χ0) is 20.4. The van der Waals surface area contributed by atoms with Crippen molar-refractivity contribution in [2.24, 2.45) is 0 Å². The van der Waals surface area contributed by atoms with Crippen molar-refractivity contribution < 1.29 is 0 Å². The summed E-state index contributed by atoms with van der Waals surface area (Å²) in [5.41, 5.74) is 4.44. The molecule has 4 heterocycles. The summed E-state index contributed by atoms with van der Waals surface area (Å²) in [5.74, 6) is 0. The monoisotopic (exact) mass is 390 g/mol. The molecule has 5 rings (SSSR count). The highest BCUT2D eigenvalue weighted by Gasteiger charge is 2.09. The summed E-state index contributed by atoms with van der Waals surface area (Å²) in [7, 11) is 0. The minimum absolute atomic E-state index is 0.186. The Morgan fingerprint density at radius 1 is 1.17 bits per heavy atom. The number of imidazole rings is 1. The number of aromatic amines is 1. The molecular weight excluding hydrogens is 364 g/mol. The number of benzene rings is 1. The predicted octanol–water partition coefficient (Wildman–Crippen LogP) is 3.40. The lowest BCUT2D eigenvalue weighted by molar-refractivity contribution is 0.425. The molecule has 0 amide bonds. The van der Waals surface area contributed by atoms with E-state index in [1.165, 1.54) is 25.8 Å². The molecule has 7 nitrogen and oxygen atoms in total. The second-order valence-corrected chi connectivity index (χ2v) is 7.72. The van der Waals surface area contributed by atoms with Crippen LogP contribution in [-0.2, 0) is 0 Å². The summed E-state index contributed by atoms with van der Waals surface area (Å²) in [5, 5.41) is 15.7. The number of rotatable bonds is 1.